The lowest BCUT2D eigenvalue weighted by molar-refractivity contribution is 0.102. The SMILES string of the molecule is Cc1ccc(C)c(NC(=O)c2c(N)n(/N=C\c3ccc(C(C)(C)C)cc3)c3nc4ccccc4nc23)c1. The monoisotopic (exact) mass is 490 g/mol. The molecule has 0 aliphatic carbocycles. The van der Waals surface area contributed by atoms with Crippen LogP contribution < -0.4 is 11.1 Å². The number of para-hydroxylation sites is 2. The summed E-state index contributed by atoms with van der Waals surface area (Å²) in [6.45, 7) is 10.5. The van der Waals surface area contributed by atoms with E-state index in [2.05, 4.69) is 43.3 Å². The molecule has 2 aromatic heterocycles. The first kappa shape index (κ1) is 24.2. The van der Waals surface area contributed by atoms with Gasteiger partial charge in [-0.3, -0.25) is 4.79 Å². The van der Waals surface area contributed by atoms with Crippen LogP contribution in [0.15, 0.2) is 71.8 Å². The standard InChI is InChI=1S/C30H30N6O/c1-18-10-11-19(2)24(16-18)35-29(37)25-26-28(34-23-9-7-6-8-22(23)33-26)36(27(25)31)32-17-20-12-14-21(15-13-20)30(3,4)5/h6-17H,31H2,1-5H3,(H,35,37)/b32-17-. The van der Waals surface area contributed by atoms with Gasteiger partial charge in [0, 0.05) is 5.69 Å². The van der Waals surface area contributed by atoms with Gasteiger partial charge in [-0.1, -0.05) is 69.3 Å². The number of anilines is 2. The summed E-state index contributed by atoms with van der Waals surface area (Å²) in [5.41, 5.74) is 13.9. The molecular formula is C30H30N6O. The molecule has 0 unspecified atom stereocenters. The third-order valence-electron chi connectivity index (χ3n) is 6.44. The number of carbonyl (C=O) groups is 1. The van der Waals surface area contributed by atoms with Crippen LogP contribution in [0, 0.1) is 13.8 Å². The second-order valence-electron chi connectivity index (χ2n) is 10.3. The van der Waals surface area contributed by atoms with Crippen molar-refractivity contribution in [3.63, 3.8) is 0 Å². The van der Waals surface area contributed by atoms with Crippen molar-refractivity contribution in [2.75, 3.05) is 11.1 Å². The van der Waals surface area contributed by atoms with Crippen LogP contribution in [0.5, 0.6) is 0 Å². The number of carbonyl (C=O) groups excluding carboxylic acids is 1. The number of nitrogen functional groups attached to an aromatic ring is 1. The number of nitrogens with two attached hydrogens (primary N) is 1. The van der Waals surface area contributed by atoms with E-state index in [-0.39, 0.29) is 22.7 Å². The summed E-state index contributed by atoms with van der Waals surface area (Å²) in [7, 11) is 0. The molecule has 1 amide bonds. The molecule has 7 nitrogen and oxygen atoms in total. The van der Waals surface area contributed by atoms with E-state index in [1.807, 2.05) is 68.4 Å². The van der Waals surface area contributed by atoms with Crippen molar-refractivity contribution < 1.29 is 4.79 Å². The second kappa shape index (κ2) is 9.17. The fourth-order valence-corrected chi connectivity index (χ4v) is 4.24. The fraction of sp³-hybridized carbons (Fsp3) is 0.200. The summed E-state index contributed by atoms with van der Waals surface area (Å²) in [6, 6.07) is 21.6. The van der Waals surface area contributed by atoms with Crippen LogP contribution in [0.25, 0.3) is 22.2 Å². The third kappa shape index (κ3) is 4.68. The van der Waals surface area contributed by atoms with Gasteiger partial charge in [0.25, 0.3) is 5.91 Å². The Balaban J connectivity index is 1.62. The summed E-state index contributed by atoms with van der Waals surface area (Å²) in [6.07, 6.45) is 1.71. The zero-order valence-electron chi connectivity index (χ0n) is 21.7. The quantitative estimate of drug-likeness (QED) is 0.292. The Morgan fingerprint density at radius 3 is 2.32 bits per heavy atom. The van der Waals surface area contributed by atoms with E-state index in [1.165, 1.54) is 10.2 Å². The van der Waals surface area contributed by atoms with Crippen molar-refractivity contribution in [3.05, 3.63) is 94.5 Å². The molecule has 0 aliphatic heterocycles. The number of amides is 1. The molecule has 5 rings (SSSR count). The lowest BCUT2D eigenvalue weighted by Crippen LogP contribution is -2.15. The highest BCUT2D eigenvalue weighted by atomic mass is 16.1. The topological polar surface area (TPSA) is 98.2 Å². The molecule has 0 bridgehead atoms. The zero-order valence-corrected chi connectivity index (χ0v) is 21.7. The maximum Gasteiger partial charge on any atom is 0.261 e. The summed E-state index contributed by atoms with van der Waals surface area (Å²) in [5, 5.41) is 7.63. The van der Waals surface area contributed by atoms with Crippen molar-refractivity contribution in [1.29, 1.82) is 0 Å². The van der Waals surface area contributed by atoms with Gasteiger partial charge in [-0.25, -0.2) is 9.97 Å². The summed E-state index contributed by atoms with van der Waals surface area (Å²) in [4.78, 5) is 23.1. The van der Waals surface area contributed by atoms with Gasteiger partial charge < -0.3 is 11.1 Å². The number of aromatic nitrogens is 3. The van der Waals surface area contributed by atoms with Crippen molar-refractivity contribution >= 4 is 45.8 Å². The molecule has 37 heavy (non-hydrogen) atoms. The molecule has 7 heteroatoms. The van der Waals surface area contributed by atoms with Gasteiger partial charge in [0.15, 0.2) is 5.65 Å². The zero-order chi connectivity index (χ0) is 26.3. The molecule has 0 spiro atoms. The lowest BCUT2D eigenvalue weighted by Gasteiger charge is -2.18. The number of rotatable bonds is 4. The van der Waals surface area contributed by atoms with Crippen LogP contribution in [0.4, 0.5) is 11.5 Å². The molecule has 0 atom stereocenters. The first-order chi connectivity index (χ1) is 17.6. The van der Waals surface area contributed by atoms with E-state index in [4.69, 9.17) is 15.7 Å². The van der Waals surface area contributed by atoms with Gasteiger partial charge in [-0.05, 0) is 59.7 Å². The minimum atomic E-state index is -0.357. The number of aryl methyl sites for hydroxylation is 2. The Morgan fingerprint density at radius 2 is 1.65 bits per heavy atom. The van der Waals surface area contributed by atoms with E-state index < -0.39 is 0 Å². The summed E-state index contributed by atoms with van der Waals surface area (Å²) < 4.78 is 1.49. The maximum absolute atomic E-state index is 13.5. The van der Waals surface area contributed by atoms with Gasteiger partial charge >= 0.3 is 0 Å². The Morgan fingerprint density at radius 1 is 0.973 bits per heavy atom. The van der Waals surface area contributed by atoms with E-state index in [1.54, 1.807) is 6.21 Å². The molecule has 0 radical (unpaired) electrons. The molecule has 5 aromatic rings. The Labute approximate surface area is 216 Å². The summed E-state index contributed by atoms with van der Waals surface area (Å²) in [5.74, 6) is -0.181. The number of nitrogens with zero attached hydrogens (tertiary/aromatic N) is 4. The van der Waals surface area contributed by atoms with E-state index in [0.29, 0.717) is 22.2 Å². The van der Waals surface area contributed by atoms with Crippen LogP contribution in [-0.2, 0) is 5.41 Å². The van der Waals surface area contributed by atoms with Crippen LogP contribution in [0.2, 0.25) is 0 Å². The number of nitrogens with one attached hydrogen (secondary N) is 1. The first-order valence-corrected chi connectivity index (χ1v) is 12.2. The minimum absolute atomic E-state index is 0.0608. The highest BCUT2D eigenvalue weighted by Gasteiger charge is 2.24. The molecular weight excluding hydrogens is 460 g/mol. The lowest BCUT2D eigenvalue weighted by atomic mass is 9.87. The molecule has 186 valence electrons. The van der Waals surface area contributed by atoms with Crippen LogP contribution in [0.1, 0.15) is 53.4 Å². The Kier molecular flexibility index (Phi) is 5.99. The van der Waals surface area contributed by atoms with Crippen molar-refractivity contribution in [3.8, 4) is 0 Å². The largest absolute Gasteiger partial charge is 0.383 e. The van der Waals surface area contributed by atoms with Crippen LogP contribution >= 0.6 is 0 Å². The number of hydrogen-bond donors (Lipinski definition) is 2. The first-order valence-electron chi connectivity index (χ1n) is 12.2. The molecule has 2 heterocycles. The maximum atomic E-state index is 13.5. The number of benzene rings is 3. The number of fused-ring (bicyclic) bond motifs is 2. The average Bonchev–Trinajstić information content (AvgIpc) is 3.13. The van der Waals surface area contributed by atoms with Crippen LogP contribution in [0.3, 0.4) is 0 Å². The number of hydrogen-bond acceptors (Lipinski definition) is 5. The molecule has 0 aliphatic rings. The van der Waals surface area contributed by atoms with Crippen LogP contribution in [-0.4, -0.2) is 26.8 Å². The third-order valence-corrected chi connectivity index (χ3v) is 6.44. The van der Waals surface area contributed by atoms with E-state index in [0.717, 1.165) is 22.4 Å². The van der Waals surface area contributed by atoms with Gasteiger partial charge in [0.2, 0.25) is 0 Å². The smallest absolute Gasteiger partial charge is 0.261 e. The molecule has 3 aromatic carbocycles. The molecule has 3 N–H and O–H groups in total. The highest BCUT2D eigenvalue weighted by molar-refractivity contribution is 6.16. The second-order valence-corrected chi connectivity index (χ2v) is 10.3. The van der Waals surface area contributed by atoms with Gasteiger partial charge in [0.1, 0.15) is 16.9 Å². The Hall–Kier alpha value is -4.52. The predicted octanol–water partition coefficient (Wildman–Crippen LogP) is 6.22. The van der Waals surface area contributed by atoms with Gasteiger partial charge in [0.05, 0.1) is 17.2 Å². The molecule has 0 saturated carbocycles. The van der Waals surface area contributed by atoms with E-state index in [9.17, 15) is 4.79 Å². The van der Waals surface area contributed by atoms with Gasteiger partial charge in [-0.2, -0.15) is 9.78 Å². The fourth-order valence-electron chi connectivity index (χ4n) is 4.24. The normalized spacial score (nSPS) is 12.0. The van der Waals surface area contributed by atoms with Gasteiger partial charge in [-0.15, -0.1) is 0 Å². The average molecular weight is 491 g/mol. The summed E-state index contributed by atoms with van der Waals surface area (Å²) >= 11 is 0. The van der Waals surface area contributed by atoms with Crippen molar-refractivity contribution in [1.82, 2.24) is 14.6 Å². The van der Waals surface area contributed by atoms with Crippen molar-refractivity contribution in [2.24, 2.45) is 5.10 Å². The molecule has 0 saturated heterocycles. The highest BCUT2D eigenvalue weighted by Crippen LogP contribution is 2.29. The minimum Gasteiger partial charge on any atom is -0.383 e. The Bertz CT molecular complexity index is 1670. The predicted molar refractivity (Wildman–Crippen MR) is 151 cm³/mol. The molecule has 0 fully saturated rings. The van der Waals surface area contributed by atoms with Crippen molar-refractivity contribution in [2.45, 2.75) is 40.0 Å². The van der Waals surface area contributed by atoms with E-state index >= 15 is 0 Å².